The highest BCUT2D eigenvalue weighted by Crippen LogP contribution is 2.22. The van der Waals surface area contributed by atoms with Gasteiger partial charge in [-0.15, -0.1) is 11.3 Å². The molecule has 0 atom stereocenters. The van der Waals surface area contributed by atoms with E-state index in [1.54, 1.807) is 37.5 Å². The van der Waals surface area contributed by atoms with Crippen LogP contribution in [0.25, 0.3) is 0 Å². The van der Waals surface area contributed by atoms with Crippen LogP contribution in [0.5, 0.6) is 5.75 Å². The minimum Gasteiger partial charge on any atom is -0.496 e. The molecule has 0 saturated carbocycles. The maximum Gasteiger partial charge on any atom is 0.174 e. The van der Waals surface area contributed by atoms with Crippen LogP contribution < -0.4 is 10.1 Å². The Morgan fingerprint density at radius 3 is 2.46 bits per heavy atom. The molecule has 0 radical (unpaired) electrons. The fourth-order valence-corrected chi connectivity index (χ4v) is 3.79. The highest BCUT2D eigenvalue weighted by molar-refractivity contribution is 7.80. The number of rotatable bonds is 7. The Morgan fingerprint density at radius 1 is 1.07 bits per heavy atom. The summed E-state index contributed by atoms with van der Waals surface area (Å²) in [6.45, 7) is 2.88. The summed E-state index contributed by atoms with van der Waals surface area (Å²) in [4.78, 5) is 14.8. The van der Waals surface area contributed by atoms with Gasteiger partial charge in [0.05, 0.1) is 13.7 Å². The van der Waals surface area contributed by atoms with Crippen LogP contribution in [0.15, 0.2) is 66.0 Å². The number of hydrogen-bond donors (Lipinski definition) is 1. The minimum absolute atomic E-state index is 0.0459. The van der Waals surface area contributed by atoms with Crippen LogP contribution >= 0.6 is 23.6 Å². The summed E-state index contributed by atoms with van der Waals surface area (Å²) in [5.74, 6) is 0.886. The third-order valence-electron chi connectivity index (χ3n) is 4.31. The number of nitrogens with zero attached hydrogens (tertiary/aromatic N) is 1. The molecule has 3 aromatic rings. The predicted molar refractivity (Wildman–Crippen MR) is 119 cm³/mol. The lowest BCUT2D eigenvalue weighted by atomic mass is 10.1. The molecule has 3 rings (SSSR count). The predicted octanol–water partition coefficient (Wildman–Crippen LogP) is 5.36. The van der Waals surface area contributed by atoms with Crippen molar-refractivity contribution in [1.82, 2.24) is 4.90 Å². The molecule has 0 amide bonds. The van der Waals surface area contributed by atoms with Crippen molar-refractivity contribution in [2.45, 2.75) is 20.0 Å². The van der Waals surface area contributed by atoms with Crippen molar-refractivity contribution in [2.75, 3.05) is 12.4 Å². The Kier molecular flexibility index (Phi) is 6.79. The summed E-state index contributed by atoms with van der Waals surface area (Å²) < 4.78 is 5.50. The SMILES string of the molecule is COc1ccccc1CN(Cc1cccs1)C(=S)Nc1ccc(C(C)=O)cc1. The summed E-state index contributed by atoms with van der Waals surface area (Å²) in [5, 5.41) is 5.97. The van der Waals surface area contributed by atoms with Crippen LogP contribution in [0, 0.1) is 0 Å². The standard InChI is InChI=1S/C22H22N2O2S2/c1-16(25)17-9-11-19(12-10-17)23-22(27)24(15-20-7-5-13-28-20)14-18-6-3-4-8-21(18)26-2/h3-13H,14-15H2,1-2H3,(H,23,27). The summed E-state index contributed by atoms with van der Waals surface area (Å²) in [7, 11) is 1.68. The van der Waals surface area contributed by atoms with Crippen molar-refractivity contribution < 1.29 is 9.53 Å². The summed E-state index contributed by atoms with van der Waals surface area (Å²) in [6, 6.07) is 19.4. The monoisotopic (exact) mass is 410 g/mol. The molecule has 6 heteroatoms. The van der Waals surface area contributed by atoms with E-state index in [0.717, 1.165) is 17.0 Å². The molecule has 0 spiro atoms. The van der Waals surface area contributed by atoms with Gasteiger partial charge in [-0.1, -0.05) is 24.3 Å². The van der Waals surface area contributed by atoms with Crippen LogP contribution in [-0.2, 0) is 13.1 Å². The van der Waals surface area contributed by atoms with E-state index < -0.39 is 0 Å². The Bertz CT molecular complexity index is 937. The first-order chi connectivity index (χ1) is 13.6. The average Bonchev–Trinajstić information content (AvgIpc) is 3.21. The van der Waals surface area contributed by atoms with Gasteiger partial charge in [0, 0.05) is 28.2 Å². The number of ether oxygens (including phenoxy) is 1. The lowest BCUT2D eigenvalue weighted by Gasteiger charge is -2.26. The van der Waals surface area contributed by atoms with E-state index in [4.69, 9.17) is 17.0 Å². The van der Waals surface area contributed by atoms with Crippen molar-refractivity contribution in [3.63, 3.8) is 0 Å². The number of benzene rings is 2. The maximum atomic E-state index is 11.5. The molecule has 1 heterocycles. The Balaban J connectivity index is 1.79. The lowest BCUT2D eigenvalue weighted by Crippen LogP contribution is -2.33. The van der Waals surface area contributed by atoms with Crippen LogP contribution in [0.1, 0.15) is 27.7 Å². The molecular formula is C22H22N2O2S2. The number of ketones is 1. The van der Waals surface area contributed by atoms with Gasteiger partial charge in [0.1, 0.15) is 5.75 Å². The van der Waals surface area contributed by atoms with E-state index in [0.29, 0.717) is 23.8 Å². The van der Waals surface area contributed by atoms with Gasteiger partial charge in [-0.3, -0.25) is 4.79 Å². The van der Waals surface area contributed by atoms with Crippen molar-refractivity contribution in [3.05, 3.63) is 82.0 Å². The molecule has 2 aromatic carbocycles. The molecule has 28 heavy (non-hydrogen) atoms. The second-order valence-corrected chi connectivity index (χ2v) is 7.73. The smallest absolute Gasteiger partial charge is 0.174 e. The van der Waals surface area contributed by atoms with Crippen LogP contribution in [-0.4, -0.2) is 22.9 Å². The van der Waals surface area contributed by atoms with Gasteiger partial charge in [-0.2, -0.15) is 0 Å². The Morgan fingerprint density at radius 2 is 1.82 bits per heavy atom. The van der Waals surface area contributed by atoms with Gasteiger partial charge in [-0.25, -0.2) is 0 Å². The van der Waals surface area contributed by atoms with Gasteiger partial charge in [0.25, 0.3) is 0 Å². The van der Waals surface area contributed by atoms with Crippen molar-refractivity contribution in [2.24, 2.45) is 0 Å². The third-order valence-corrected chi connectivity index (χ3v) is 5.53. The van der Waals surface area contributed by atoms with Gasteiger partial charge in [0.15, 0.2) is 10.9 Å². The van der Waals surface area contributed by atoms with E-state index >= 15 is 0 Å². The van der Waals surface area contributed by atoms with E-state index in [1.807, 2.05) is 42.5 Å². The van der Waals surface area contributed by atoms with Crippen molar-refractivity contribution >= 4 is 40.1 Å². The summed E-state index contributed by atoms with van der Waals surface area (Å²) in [6.07, 6.45) is 0. The first kappa shape index (κ1) is 20.0. The van der Waals surface area contributed by atoms with Crippen LogP contribution in [0.2, 0.25) is 0 Å². The Hall–Kier alpha value is -2.70. The molecule has 0 unspecified atom stereocenters. The van der Waals surface area contributed by atoms with Gasteiger partial charge < -0.3 is 15.0 Å². The fraction of sp³-hybridized carbons (Fsp3) is 0.182. The van der Waals surface area contributed by atoms with E-state index in [9.17, 15) is 4.79 Å². The number of carbonyl (C=O) groups is 1. The molecular weight excluding hydrogens is 388 g/mol. The normalized spacial score (nSPS) is 10.4. The molecule has 0 aliphatic rings. The molecule has 0 fully saturated rings. The molecule has 1 aromatic heterocycles. The third kappa shape index (κ3) is 5.18. The largest absolute Gasteiger partial charge is 0.496 e. The van der Waals surface area contributed by atoms with Gasteiger partial charge in [0.2, 0.25) is 0 Å². The average molecular weight is 411 g/mol. The fourth-order valence-electron chi connectivity index (χ4n) is 2.82. The van der Waals surface area contributed by atoms with Gasteiger partial charge >= 0.3 is 0 Å². The number of carbonyl (C=O) groups excluding carboxylic acids is 1. The topological polar surface area (TPSA) is 41.6 Å². The second kappa shape index (κ2) is 9.48. The van der Waals surface area contributed by atoms with Crippen LogP contribution in [0.3, 0.4) is 0 Å². The number of thiophene rings is 1. The van der Waals surface area contributed by atoms with E-state index in [2.05, 4.69) is 21.7 Å². The quantitative estimate of drug-likeness (QED) is 0.420. The minimum atomic E-state index is 0.0459. The van der Waals surface area contributed by atoms with Crippen molar-refractivity contribution in [1.29, 1.82) is 0 Å². The highest BCUT2D eigenvalue weighted by Gasteiger charge is 2.15. The number of Topliss-reactive ketones (excluding diaryl/α,β-unsaturated/α-hetero) is 1. The molecule has 4 nitrogen and oxygen atoms in total. The number of nitrogens with one attached hydrogen (secondary N) is 1. The van der Waals surface area contributed by atoms with E-state index in [1.165, 1.54) is 4.88 Å². The first-order valence-electron chi connectivity index (χ1n) is 8.88. The maximum absolute atomic E-state index is 11.5. The summed E-state index contributed by atoms with van der Waals surface area (Å²) in [5.41, 5.74) is 2.60. The summed E-state index contributed by atoms with van der Waals surface area (Å²) >= 11 is 7.41. The van der Waals surface area contributed by atoms with Gasteiger partial charge in [-0.05, 0) is 60.9 Å². The molecule has 1 N–H and O–H groups in total. The molecule has 0 aliphatic carbocycles. The number of hydrogen-bond acceptors (Lipinski definition) is 4. The zero-order valence-corrected chi connectivity index (χ0v) is 17.5. The number of methoxy groups -OCH3 is 1. The lowest BCUT2D eigenvalue weighted by molar-refractivity contribution is 0.101. The Labute approximate surface area is 174 Å². The highest BCUT2D eigenvalue weighted by atomic mass is 32.1. The molecule has 144 valence electrons. The number of para-hydroxylation sites is 1. The zero-order chi connectivity index (χ0) is 19.9. The number of anilines is 1. The molecule has 0 saturated heterocycles. The first-order valence-corrected chi connectivity index (χ1v) is 10.2. The second-order valence-electron chi connectivity index (χ2n) is 6.31. The molecule has 0 bridgehead atoms. The van der Waals surface area contributed by atoms with Crippen LogP contribution in [0.4, 0.5) is 5.69 Å². The van der Waals surface area contributed by atoms with E-state index in [-0.39, 0.29) is 5.78 Å². The zero-order valence-electron chi connectivity index (χ0n) is 15.8. The molecule has 0 aliphatic heterocycles. The van der Waals surface area contributed by atoms with Crippen molar-refractivity contribution in [3.8, 4) is 5.75 Å². The number of thiocarbonyl (C=S) groups is 1.